The number of aromatic nitrogens is 1. The number of nitrogens with one attached hydrogen (secondary N) is 1. The maximum atomic E-state index is 13.3. The SMILES string of the molecule is Cc1cnc(NC(=O)CN(CCC(C)C)C(=O)c2cccc3ccccc23)s1. The highest BCUT2D eigenvalue weighted by molar-refractivity contribution is 7.15. The molecule has 0 aliphatic heterocycles. The van der Waals surface area contributed by atoms with Crippen molar-refractivity contribution in [2.24, 2.45) is 5.92 Å². The number of hydrogen-bond acceptors (Lipinski definition) is 4. The first-order valence-electron chi connectivity index (χ1n) is 9.43. The van der Waals surface area contributed by atoms with Crippen LogP contribution in [-0.4, -0.2) is 34.8 Å². The number of rotatable bonds is 7. The Morgan fingerprint density at radius 2 is 1.89 bits per heavy atom. The van der Waals surface area contributed by atoms with Crippen molar-refractivity contribution in [3.8, 4) is 0 Å². The topological polar surface area (TPSA) is 62.3 Å². The summed E-state index contributed by atoms with van der Waals surface area (Å²) < 4.78 is 0. The number of nitrogens with zero attached hydrogens (tertiary/aromatic N) is 2. The number of aryl methyl sites for hydroxylation is 1. The van der Waals surface area contributed by atoms with Gasteiger partial charge in [-0.2, -0.15) is 0 Å². The molecule has 0 unspecified atom stereocenters. The molecular formula is C22H25N3O2S. The van der Waals surface area contributed by atoms with Crippen molar-refractivity contribution >= 4 is 39.1 Å². The van der Waals surface area contributed by atoms with Crippen LogP contribution in [0.1, 0.15) is 35.5 Å². The predicted octanol–water partition coefficient (Wildman–Crippen LogP) is 4.73. The maximum Gasteiger partial charge on any atom is 0.254 e. The molecule has 0 spiro atoms. The standard InChI is InChI=1S/C22H25N3O2S/c1-15(2)11-12-25(14-20(26)24-22-23-13-16(3)28-22)21(27)19-10-6-8-17-7-4-5-9-18(17)19/h4-10,13,15H,11-12,14H2,1-3H3,(H,23,24,26). The largest absolute Gasteiger partial charge is 0.329 e. The van der Waals surface area contributed by atoms with Crippen LogP contribution >= 0.6 is 11.3 Å². The van der Waals surface area contributed by atoms with E-state index in [-0.39, 0.29) is 18.4 Å². The number of carbonyl (C=O) groups excluding carboxylic acids is 2. The van der Waals surface area contributed by atoms with Crippen molar-refractivity contribution in [1.82, 2.24) is 9.88 Å². The third-order valence-electron chi connectivity index (χ3n) is 4.49. The van der Waals surface area contributed by atoms with E-state index < -0.39 is 0 Å². The van der Waals surface area contributed by atoms with Gasteiger partial charge in [0, 0.05) is 23.2 Å². The molecule has 2 aromatic carbocycles. The lowest BCUT2D eigenvalue weighted by Gasteiger charge is -2.23. The third-order valence-corrected chi connectivity index (χ3v) is 5.31. The number of fused-ring (bicyclic) bond motifs is 1. The van der Waals surface area contributed by atoms with Crippen LogP contribution in [0.2, 0.25) is 0 Å². The van der Waals surface area contributed by atoms with E-state index >= 15 is 0 Å². The molecule has 0 aliphatic carbocycles. The minimum absolute atomic E-state index is 0.00734. The Morgan fingerprint density at radius 1 is 1.14 bits per heavy atom. The van der Waals surface area contributed by atoms with E-state index in [9.17, 15) is 9.59 Å². The zero-order valence-corrected chi connectivity index (χ0v) is 17.3. The van der Waals surface area contributed by atoms with Crippen LogP contribution in [0.25, 0.3) is 10.8 Å². The Labute approximate surface area is 169 Å². The van der Waals surface area contributed by atoms with Gasteiger partial charge in [-0.1, -0.05) is 50.2 Å². The second-order valence-corrected chi connectivity index (χ2v) is 8.49. The zero-order chi connectivity index (χ0) is 20.1. The molecule has 3 rings (SSSR count). The fourth-order valence-corrected chi connectivity index (χ4v) is 3.67. The highest BCUT2D eigenvalue weighted by Gasteiger charge is 2.21. The quantitative estimate of drug-likeness (QED) is 0.629. The highest BCUT2D eigenvalue weighted by atomic mass is 32.1. The average Bonchev–Trinajstić information content (AvgIpc) is 3.08. The van der Waals surface area contributed by atoms with E-state index in [0.29, 0.717) is 23.2 Å². The fourth-order valence-electron chi connectivity index (χ4n) is 2.99. The fraction of sp³-hybridized carbons (Fsp3) is 0.318. The van der Waals surface area contributed by atoms with Crippen LogP contribution in [0.3, 0.4) is 0 Å². The maximum absolute atomic E-state index is 13.3. The minimum Gasteiger partial charge on any atom is -0.329 e. The molecule has 0 radical (unpaired) electrons. The normalized spacial score (nSPS) is 11.0. The Balaban J connectivity index is 1.81. The third kappa shape index (κ3) is 4.95. The van der Waals surface area contributed by atoms with Crippen LogP contribution in [0.5, 0.6) is 0 Å². The van der Waals surface area contributed by atoms with Gasteiger partial charge in [-0.05, 0) is 36.1 Å². The number of anilines is 1. The van der Waals surface area contributed by atoms with Gasteiger partial charge in [-0.25, -0.2) is 4.98 Å². The molecule has 0 aliphatic rings. The molecule has 3 aromatic rings. The molecule has 1 N–H and O–H groups in total. The van der Waals surface area contributed by atoms with E-state index in [0.717, 1.165) is 22.1 Å². The van der Waals surface area contributed by atoms with Gasteiger partial charge in [-0.3, -0.25) is 9.59 Å². The molecule has 28 heavy (non-hydrogen) atoms. The monoisotopic (exact) mass is 395 g/mol. The average molecular weight is 396 g/mol. The first-order chi connectivity index (χ1) is 13.4. The molecule has 0 fully saturated rings. The van der Waals surface area contributed by atoms with Gasteiger partial charge in [0.25, 0.3) is 5.91 Å². The summed E-state index contributed by atoms with van der Waals surface area (Å²) in [7, 11) is 0. The molecule has 1 aromatic heterocycles. The van der Waals surface area contributed by atoms with Crippen LogP contribution < -0.4 is 5.32 Å². The van der Waals surface area contributed by atoms with Crippen LogP contribution in [0.15, 0.2) is 48.7 Å². The van der Waals surface area contributed by atoms with Crippen molar-refractivity contribution in [2.75, 3.05) is 18.4 Å². The number of carbonyl (C=O) groups is 2. The molecule has 0 saturated heterocycles. The Hall–Kier alpha value is -2.73. The molecule has 6 heteroatoms. The van der Waals surface area contributed by atoms with E-state index in [2.05, 4.69) is 24.1 Å². The summed E-state index contributed by atoms with van der Waals surface area (Å²) in [5.41, 5.74) is 0.625. The number of amides is 2. The molecule has 0 atom stereocenters. The van der Waals surface area contributed by atoms with Gasteiger partial charge in [0.2, 0.25) is 5.91 Å². The van der Waals surface area contributed by atoms with Crippen LogP contribution in [0, 0.1) is 12.8 Å². The van der Waals surface area contributed by atoms with Crippen molar-refractivity contribution in [3.63, 3.8) is 0 Å². The van der Waals surface area contributed by atoms with Gasteiger partial charge >= 0.3 is 0 Å². The summed E-state index contributed by atoms with van der Waals surface area (Å²) in [5.74, 6) is 0.0853. The second kappa shape index (κ2) is 8.97. The van der Waals surface area contributed by atoms with Crippen molar-refractivity contribution in [3.05, 3.63) is 59.1 Å². The van der Waals surface area contributed by atoms with Crippen molar-refractivity contribution < 1.29 is 9.59 Å². The lowest BCUT2D eigenvalue weighted by molar-refractivity contribution is -0.116. The van der Waals surface area contributed by atoms with Gasteiger partial charge in [0.1, 0.15) is 6.54 Å². The summed E-state index contributed by atoms with van der Waals surface area (Å²) in [4.78, 5) is 32.7. The molecule has 0 saturated carbocycles. The summed E-state index contributed by atoms with van der Waals surface area (Å²) in [5, 5.41) is 5.28. The minimum atomic E-state index is -0.230. The first-order valence-corrected chi connectivity index (χ1v) is 10.2. The van der Waals surface area contributed by atoms with Crippen molar-refractivity contribution in [1.29, 1.82) is 0 Å². The molecule has 146 valence electrons. The molecule has 5 nitrogen and oxygen atoms in total. The van der Waals surface area contributed by atoms with Gasteiger partial charge in [0.15, 0.2) is 5.13 Å². The first kappa shape index (κ1) is 20.0. The Kier molecular flexibility index (Phi) is 6.41. The highest BCUT2D eigenvalue weighted by Crippen LogP contribution is 2.21. The lowest BCUT2D eigenvalue weighted by atomic mass is 10.0. The molecule has 1 heterocycles. The lowest BCUT2D eigenvalue weighted by Crippen LogP contribution is -2.39. The van der Waals surface area contributed by atoms with Crippen LogP contribution in [-0.2, 0) is 4.79 Å². The van der Waals surface area contributed by atoms with E-state index in [1.807, 2.05) is 49.4 Å². The van der Waals surface area contributed by atoms with E-state index in [1.165, 1.54) is 11.3 Å². The molecule has 0 bridgehead atoms. The Bertz CT molecular complexity index is 975. The summed E-state index contributed by atoms with van der Waals surface area (Å²) in [6.45, 7) is 6.70. The molecule has 2 amide bonds. The number of thiazole rings is 1. The van der Waals surface area contributed by atoms with E-state index in [1.54, 1.807) is 11.1 Å². The van der Waals surface area contributed by atoms with Gasteiger partial charge < -0.3 is 10.2 Å². The number of hydrogen-bond donors (Lipinski definition) is 1. The van der Waals surface area contributed by atoms with Crippen molar-refractivity contribution in [2.45, 2.75) is 27.2 Å². The van der Waals surface area contributed by atoms with Gasteiger partial charge in [-0.15, -0.1) is 11.3 Å². The predicted molar refractivity (Wildman–Crippen MR) is 115 cm³/mol. The van der Waals surface area contributed by atoms with Crippen LogP contribution in [0.4, 0.5) is 5.13 Å². The van der Waals surface area contributed by atoms with Gasteiger partial charge in [0.05, 0.1) is 0 Å². The molecular weight excluding hydrogens is 370 g/mol. The zero-order valence-electron chi connectivity index (χ0n) is 16.4. The summed E-state index contributed by atoms with van der Waals surface area (Å²) in [6.07, 6.45) is 2.55. The smallest absolute Gasteiger partial charge is 0.254 e. The number of benzene rings is 2. The summed E-state index contributed by atoms with van der Waals surface area (Å²) >= 11 is 1.42. The van der Waals surface area contributed by atoms with E-state index in [4.69, 9.17) is 0 Å². The second-order valence-electron chi connectivity index (χ2n) is 7.26. The summed E-state index contributed by atoms with van der Waals surface area (Å²) in [6, 6.07) is 13.5. The Morgan fingerprint density at radius 3 is 2.61 bits per heavy atom.